The molecule has 4 saturated carbocycles. The number of carbonyl (C=O) groups excluding carboxylic acids is 1. The predicted octanol–water partition coefficient (Wildman–Crippen LogP) is 2.96. The Morgan fingerprint density at radius 2 is 1.47 bits per heavy atom. The molecule has 0 aromatic heterocycles. The quantitative estimate of drug-likeness (QED) is 0.124. The third kappa shape index (κ3) is 5.94. The van der Waals surface area contributed by atoms with Crippen molar-refractivity contribution >= 4 is 5.97 Å². The van der Waals surface area contributed by atoms with E-state index in [1.54, 1.807) is 0 Å². The molecule has 2 aliphatic heterocycles. The molecule has 0 aromatic carbocycles. The van der Waals surface area contributed by atoms with Crippen LogP contribution in [0.2, 0.25) is 0 Å². The van der Waals surface area contributed by atoms with Gasteiger partial charge in [-0.2, -0.15) is 0 Å². The van der Waals surface area contributed by atoms with Crippen LogP contribution in [0, 0.1) is 50.2 Å². The first kappa shape index (κ1) is 40.0. The molecule has 0 radical (unpaired) electrons. The molecule has 302 valence electrons. The number of allylic oxidation sites excluding steroid dienone is 2. The van der Waals surface area contributed by atoms with Gasteiger partial charge >= 0.3 is 5.97 Å². The second-order valence-corrected chi connectivity index (χ2v) is 20.2. The van der Waals surface area contributed by atoms with E-state index in [1.807, 2.05) is 0 Å². The van der Waals surface area contributed by atoms with E-state index in [-0.39, 0.29) is 45.7 Å². The minimum atomic E-state index is -1.64. The summed E-state index contributed by atoms with van der Waals surface area (Å²) in [5.74, 6) is 0.220. The normalized spacial score (nSPS) is 53.2. The highest BCUT2D eigenvalue weighted by Crippen LogP contribution is 2.76. The maximum atomic E-state index is 14.5. The molecule has 0 amide bonds. The number of ether oxygens (including phenoxy) is 4. The lowest BCUT2D eigenvalue weighted by atomic mass is 9.33. The molecule has 2 saturated heterocycles. The molecule has 7 aliphatic rings. The fourth-order valence-electron chi connectivity index (χ4n) is 13.3. The van der Waals surface area contributed by atoms with E-state index in [0.717, 1.165) is 51.4 Å². The van der Waals surface area contributed by atoms with E-state index < -0.39 is 73.3 Å². The number of hydrogen-bond acceptors (Lipinski definition) is 12. The number of fused-ring (bicyclic) bond motifs is 7. The zero-order valence-corrected chi connectivity index (χ0v) is 32.7. The average molecular weight is 751 g/mol. The van der Waals surface area contributed by atoms with Gasteiger partial charge in [0.25, 0.3) is 0 Å². The summed E-state index contributed by atoms with van der Waals surface area (Å²) in [5, 5.41) is 72.3. The Kier molecular flexibility index (Phi) is 10.2. The molecule has 2 unspecified atom stereocenters. The summed E-state index contributed by atoms with van der Waals surface area (Å²) < 4.78 is 23.8. The van der Waals surface area contributed by atoms with E-state index in [1.165, 1.54) is 5.57 Å². The number of carbonyl (C=O) groups is 1. The van der Waals surface area contributed by atoms with E-state index in [2.05, 4.69) is 54.5 Å². The Labute approximate surface area is 314 Å². The average Bonchev–Trinajstić information content (AvgIpc) is 3.09. The van der Waals surface area contributed by atoms with Crippen LogP contribution in [0.15, 0.2) is 11.6 Å². The molecule has 0 bridgehead atoms. The molecule has 12 nitrogen and oxygen atoms in total. The van der Waals surface area contributed by atoms with Crippen molar-refractivity contribution in [3.05, 3.63) is 11.6 Å². The fourth-order valence-corrected chi connectivity index (χ4v) is 13.3. The lowest BCUT2D eigenvalue weighted by Gasteiger charge is -2.71. The Balaban J connectivity index is 1.16. The van der Waals surface area contributed by atoms with Crippen LogP contribution < -0.4 is 0 Å². The summed E-state index contributed by atoms with van der Waals surface area (Å²) in [6.45, 7) is 15.8. The van der Waals surface area contributed by atoms with Gasteiger partial charge < -0.3 is 54.7 Å². The summed E-state index contributed by atoms with van der Waals surface area (Å²) in [4.78, 5) is 14.5. The smallest absolute Gasteiger partial charge is 0.315 e. The zero-order valence-electron chi connectivity index (χ0n) is 32.7. The SMILES string of the molecule is CC1(C)CC[C@]2(C(=O)O[C@@H]3O[C@H](CO)[C@@H](O)[C@H](O)[C@H]3O)CC[C@]3(C)C(=CCC4[C@@]5(C)CC[C@H](O[C@@H]6OC[C@H](O)[C@H](O)[C@H]6O)C(C)(C)C5CC[C@]43C)[C@@H]2C1. The van der Waals surface area contributed by atoms with E-state index in [4.69, 9.17) is 18.9 Å². The number of esters is 1. The van der Waals surface area contributed by atoms with Gasteiger partial charge in [0, 0.05) is 0 Å². The number of aliphatic hydroxyl groups excluding tert-OH is 7. The van der Waals surface area contributed by atoms with Crippen LogP contribution in [0.1, 0.15) is 113 Å². The summed E-state index contributed by atoms with van der Waals surface area (Å²) in [5.41, 5.74) is 0.0931. The Morgan fingerprint density at radius 1 is 0.792 bits per heavy atom. The van der Waals surface area contributed by atoms with Gasteiger partial charge in [-0.1, -0.05) is 60.1 Å². The van der Waals surface area contributed by atoms with Gasteiger partial charge in [0.2, 0.25) is 6.29 Å². The highest BCUT2D eigenvalue weighted by atomic mass is 16.7. The fraction of sp³-hybridized carbons (Fsp3) is 0.927. The van der Waals surface area contributed by atoms with Gasteiger partial charge in [-0.15, -0.1) is 0 Å². The molecule has 2 heterocycles. The maximum Gasteiger partial charge on any atom is 0.315 e. The summed E-state index contributed by atoms with van der Waals surface area (Å²) in [6, 6.07) is 0. The summed E-state index contributed by atoms with van der Waals surface area (Å²) >= 11 is 0. The Bertz CT molecular complexity index is 1430. The lowest BCUT2D eigenvalue weighted by Crippen LogP contribution is -2.66. The van der Waals surface area contributed by atoms with Crippen molar-refractivity contribution in [1.82, 2.24) is 0 Å². The van der Waals surface area contributed by atoms with Crippen molar-refractivity contribution < 1.29 is 59.5 Å². The first-order chi connectivity index (χ1) is 24.7. The van der Waals surface area contributed by atoms with Gasteiger partial charge in [-0.25, -0.2) is 0 Å². The van der Waals surface area contributed by atoms with Crippen molar-refractivity contribution in [1.29, 1.82) is 0 Å². The number of rotatable bonds is 5. The molecule has 17 atom stereocenters. The highest BCUT2D eigenvalue weighted by molar-refractivity contribution is 5.79. The number of aliphatic hydroxyl groups is 7. The molecule has 53 heavy (non-hydrogen) atoms. The van der Waals surface area contributed by atoms with Crippen molar-refractivity contribution in [3.8, 4) is 0 Å². The molecular weight excluding hydrogens is 684 g/mol. The molecule has 6 fully saturated rings. The third-order valence-corrected chi connectivity index (χ3v) is 16.8. The minimum Gasteiger partial charge on any atom is -0.432 e. The topological polar surface area (TPSA) is 196 Å². The van der Waals surface area contributed by atoms with E-state index in [0.29, 0.717) is 24.7 Å². The van der Waals surface area contributed by atoms with Gasteiger partial charge in [-0.05, 0) is 109 Å². The van der Waals surface area contributed by atoms with Crippen LogP contribution in [0.25, 0.3) is 0 Å². The molecule has 0 aromatic rings. The summed E-state index contributed by atoms with van der Waals surface area (Å²) in [7, 11) is 0. The second-order valence-electron chi connectivity index (χ2n) is 20.2. The van der Waals surface area contributed by atoms with Gasteiger partial charge in [0.1, 0.15) is 42.7 Å². The van der Waals surface area contributed by atoms with Crippen molar-refractivity contribution in [2.24, 2.45) is 50.2 Å². The highest BCUT2D eigenvalue weighted by Gasteiger charge is 2.70. The Hall–Kier alpha value is -1.19. The predicted molar refractivity (Wildman–Crippen MR) is 192 cm³/mol. The van der Waals surface area contributed by atoms with Gasteiger partial charge in [0.05, 0.1) is 24.7 Å². The van der Waals surface area contributed by atoms with E-state index >= 15 is 0 Å². The van der Waals surface area contributed by atoms with Crippen LogP contribution in [0.5, 0.6) is 0 Å². The third-order valence-electron chi connectivity index (χ3n) is 16.8. The van der Waals surface area contributed by atoms with Crippen molar-refractivity contribution in [2.75, 3.05) is 13.2 Å². The van der Waals surface area contributed by atoms with E-state index in [9.17, 15) is 40.5 Å². The molecule has 7 rings (SSSR count). The van der Waals surface area contributed by atoms with Crippen LogP contribution in [-0.4, -0.2) is 116 Å². The summed E-state index contributed by atoms with van der Waals surface area (Å²) in [6.07, 6.45) is -1.54. The first-order valence-electron chi connectivity index (χ1n) is 20.2. The lowest BCUT2D eigenvalue weighted by molar-refractivity contribution is -0.308. The first-order valence-corrected chi connectivity index (χ1v) is 20.2. The largest absolute Gasteiger partial charge is 0.432 e. The van der Waals surface area contributed by atoms with Gasteiger partial charge in [0.15, 0.2) is 6.29 Å². The minimum absolute atomic E-state index is 0.00420. The molecule has 12 heteroatoms. The van der Waals surface area contributed by atoms with Crippen LogP contribution in [0.3, 0.4) is 0 Å². The maximum absolute atomic E-state index is 14.5. The standard InChI is InChI=1S/C41H66O12/c1-36(2)14-16-41(35(49)53-34-32(48)30(46)29(45)24(19-42)51-34)17-15-39(6)21(22(41)18-36)8-9-26-38(5)12-11-27(37(3,4)25(38)10-13-40(26,39)7)52-33-31(47)28(44)23(43)20-50-33/h8,22-34,42-48H,9-20H2,1-7H3/t22-,23-,24+,25?,26?,27-,28-,29+,30-,31+,32+,33-,34-,38-,39+,40+,41-/m0/s1. The van der Waals surface area contributed by atoms with Crippen molar-refractivity contribution in [2.45, 2.75) is 174 Å². The van der Waals surface area contributed by atoms with Crippen molar-refractivity contribution in [3.63, 3.8) is 0 Å². The zero-order chi connectivity index (χ0) is 38.7. The molecular formula is C41H66O12. The Morgan fingerprint density at radius 3 is 2.17 bits per heavy atom. The molecule has 5 aliphatic carbocycles. The number of hydrogen-bond donors (Lipinski definition) is 7. The molecule has 7 N–H and O–H groups in total. The molecule has 0 spiro atoms. The van der Waals surface area contributed by atoms with Crippen LogP contribution >= 0.6 is 0 Å². The monoisotopic (exact) mass is 750 g/mol. The second kappa shape index (κ2) is 13.5. The van der Waals surface area contributed by atoms with Crippen LogP contribution in [-0.2, 0) is 23.7 Å². The van der Waals surface area contributed by atoms with Crippen LogP contribution in [0.4, 0.5) is 0 Å². The van der Waals surface area contributed by atoms with Gasteiger partial charge in [-0.3, -0.25) is 4.79 Å².